The maximum atomic E-state index is 11.6. The Hall–Kier alpha value is -0.473. The van der Waals surface area contributed by atoms with Crippen LogP contribution in [-0.2, 0) is 18.1 Å². The first-order valence-electron chi connectivity index (χ1n) is 7.52. The van der Waals surface area contributed by atoms with Crippen molar-refractivity contribution in [2.75, 3.05) is 32.9 Å². The first kappa shape index (κ1) is 19.5. The van der Waals surface area contributed by atoms with Gasteiger partial charge in [0.1, 0.15) is 0 Å². The smallest absolute Gasteiger partial charge is 0.374 e. The maximum absolute atomic E-state index is 11.6. The topological polar surface area (TPSA) is 82.8 Å². The van der Waals surface area contributed by atoms with E-state index in [2.05, 4.69) is 5.32 Å². The van der Waals surface area contributed by atoms with Crippen molar-refractivity contribution in [3.8, 4) is 0 Å². The minimum atomic E-state index is -2.60. The van der Waals surface area contributed by atoms with Crippen LogP contribution in [0.3, 0.4) is 0 Å². The molecule has 0 saturated carbocycles. The minimum absolute atomic E-state index is 0.0471. The highest BCUT2D eigenvalue weighted by Gasteiger charge is 2.39. The third kappa shape index (κ3) is 8.65. The second-order valence-corrected chi connectivity index (χ2v) is 7.06. The van der Waals surface area contributed by atoms with Crippen LogP contribution >= 0.6 is 0 Å². The zero-order chi connectivity index (χ0) is 15.3. The van der Waals surface area contributed by atoms with Crippen LogP contribution in [0.1, 0.15) is 40.0 Å². The van der Waals surface area contributed by atoms with Crippen molar-refractivity contribution in [2.45, 2.75) is 46.1 Å². The van der Waals surface area contributed by atoms with Crippen molar-refractivity contribution in [2.24, 2.45) is 5.73 Å². The molecular formula is C13H30N2O4Si. The van der Waals surface area contributed by atoms with Gasteiger partial charge in [-0.05, 0) is 40.2 Å². The van der Waals surface area contributed by atoms with Gasteiger partial charge in [0.25, 0.3) is 0 Å². The van der Waals surface area contributed by atoms with Crippen LogP contribution in [0, 0.1) is 0 Å². The second-order valence-electron chi connectivity index (χ2n) is 4.33. The molecule has 0 spiro atoms. The number of nitrogens with one attached hydrogen (secondary N) is 1. The van der Waals surface area contributed by atoms with E-state index in [-0.39, 0.29) is 5.91 Å². The quantitative estimate of drug-likeness (QED) is 0.396. The number of hydrogen-bond acceptors (Lipinski definition) is 5. The summed E-state index contributed by atoms with van der Waals surface area (Å²) in [5, 5.41) is 2.84. The van der Waals surface area contributed by atoms with Crippen LogP contribution in [-0.4, -0.2) is 47.6 Å². The third-order valence-electron chi connectivity index (χ3n) is 2.68. The summed E-state index contributed by atoms with van der Waals surface area (Å²) in [4.78, 5) is 11.6. The van der Waals surface area contributed by atoms with Crippen molar-refractivity contribution in [3.63, 3.8) is 0 Å². The molecule has 0 heterocycles. The first-order chi connectivity index (χ1) is 9.64. The molecule has 7 heteroatoms. The number of hydrogen-bond donors (Lipinski definition) is 2. The Morgan fingerprint density at radius 2 is 1.60 bits per heavy atom. The zero-order valence-electron chi connectivity index (χ0n) is 13.1. The van der Waals surface area contributed by atoms with E-state index >= 15 is 0 Å². The molecule has 0 aromatic carbocycles. The monoisotopic (exact) mass is 306 g/mol. The Balaban J connectivity index is 4.13. The predicted molar refractivity (Wildman–Crippen MR) is 81.4 cm³/mol. The van der Waals surface area contributed by atoms with E-state index < -0.39 is 8.80 Å². The van der Waals surface area contributed by atoms with Crippen molar-refractivity contribution in [3.05, 3.63) is 0 Å². The van der Waals surface area contributed by atoms with E-state index in [0.29, 0.717) is 51.8 Å². The molecule has 0 atom stereocenters. The van der Waals surface area contributed by atoms with Crippen LogP contribution in [0.25, 0.3) is 0 Å². The lowest BCUT2D eigenvalue weighted by Gasteiger charge is -2.28. The molecule has 6 nitrogen and oxygen atoms in total. The van der Waals surface area contributed by atoms with Gasteiger partial charge in [0, 0.05) is 38.8 Å². The van der Waals surface area contributed by atoms with E-state index in [1.807, 2.05) is 20.8 Å². The summed E-state index contributed by atoms with van der Waals surface area (Å²) in [6.07, 6.45) is 1.98. The Labute approximate surface area is 123 Å². The van der Waals surface area contributed by atoms with Crippen LogP contribution in [0.15, 0.2) is 0 Å². The van der Waals surface area contributed by atoms with Crippen LogP contribution in [0.4, 0.5) is 0 Å². The van der Waals surface area contributed by atoms with Gasteiger partial charge >= 0.3 is 8.80 Å². The Morgan fingerprint density at radius 1 is 1.05 bits per heavy atom. The molecule has 0 saturated heterocycles. The van der Waals surface area contributed by atoms with E-state index in [9.17, 15) is 4.79 Å². The maximum Gasteiger partial charge on any atom is 0.500 e. The number of amides is 1. The molecule has 0 unspecified atom stereocenters. The third-order valence-corrected chi connectivity index (χ3v) is 5.83. The molecule has 0 aliphatic carbocycles. The summed E-state index contributed by atoms with van der Waals surface area (Å²) < 4.78 is 17.2. The highest BCUT2D eigenvalue weighted by molar-refractivity contribution is 6.60. The van der Waals surface area contributed by atoms with Gasteiger partial charge in [0.05, 0.1) is 0 Å². The molecule has 1 amide bonds. The molecule has 0 fully saturated rings. The van der Waals surface area contributed by atoms with E-state index in [1.54, 1.807) is 0 Å². The van der Waals surface area contributed by atoms with Gasteiger partial charge in [0.2, 0.25) is 5.91 Å². The number of carbonyl (C=O) groups is 1. The number of nitrogens with two attached hydrogens (primary N) is 1. The average Bonchev–Trinajstić information content (AvgIpc) is 2.40. The Kier molecular flexibility index (Phi) is 12.0. The van der Waals surface area contributed by atoms with Gasteiger partial charge in [0.15, 0.2) is 0 Å². The zero-order valence-corrected chi connectivity index (χ0v) is 14.1. The average molecular weight is 306 g/mol. The predicted octanol–water partition coefficient (Wildman–Crippen LogP) is 1.28. The molecule has 120 valence electrons. The highest BCUT2D eigenvalue weighted by Crippen LogP contribution is 2.19. The van der Waals surface area contributed by atoms with Crippen molar-refractivity contribution < 1.29 is 18.1 Å². The lowest BCUT2D eigenvalue weighted by molar-refractivity contribution is -0.121. The van der Waals surface area contributed by atoms with Gasteiger partial charge < -0.3 is 24.3 Å². The Morgan fingerprint density at radius 3 is 2.05 bits per heavy atom. The molecule has 0 radical (unpaired) electrons. The van der Waals surface area contributed by atoms with Gasteiger partial charge in [-0.15, -0.1) is 0 Å². The Bertz CT molecular complexity index is 238. The fraction of sp³-hybridized carbons (Fsp3) is 0.923. The minimum Gasteiger partial charge on any atom is -0.374 e. The molecule has 0 aromatic heterocycles. The molecule has 3 N–H and O–H groups in total. The molecule has 20 heavy (non-hydrogen) atoms. The lowest BCUT2D eigenvalue weighted by atomic mass is 10.3. The van der Waals surface area contributed by atoms with Crippen LogP contribution < -0.4 is 11.1 Å². The van der Waals surface area contributed by atoms with Gasteiger partial charge in [-0.25, -0.2) is 0 Å². The van der Waals surface area contributed by atoms with E-state index in [0.717, 1.165) is 6.42 Å². The summed E-state index contributed by atoms with van der Waals surface area (Å²) in [5.41, 5.74) is 5.38. The van der Waals surface area contributed by atoms with Gasteiger partial charge in [-0.3, -0.25) is 4.79 Å². The van der Waals surface area contributed by atoms with Gasteiger partial charge in [-0.2, -0.15) is 0 Å². The lowest BCUT2D eigenvalue weighted by Crippen LogP contribution is -2.46. The summed E-state index contributed by atoms with van der Waals surface area (Å²) in [5.74, 6) is 0.0471. The van der Waals surface area contributed by atoms with E-state index in [4.69, 9.17) is 19.0 Å². The molecule has 0 aliphatic rings. The second kappa shape index (κ2) is 12.3. The number of carbonyl (C=O) groups excluding carboxylic acids is 1. The molecule has 0 rings (SSSR count). The molecule has 0 bridgehead atoms. The standard InChI is InChI=1S/C13H30N2O4Si/c1-4-17-20(18-5-2,19-6-3)12-7-9-13(16)15-11-8-10-14/h4-12,14H2,1-3H3,(H,15,16). The van der Waals surface area contributed by atoms with Crippen molar-refractivity contribution in [1.29, 1.82) is 0 Å². The largest absolute Gasteiger partial charge is 0.500 e. The first-order valence-corrected chi connectivity index (χ1v) is 9.45. The molecule has 0 aliphatic heterocycles. The summed E-state index contributed by atoms with van der Waals surface area (Å²) in [6, 6.07) is 0.673. The normalized spacial score (nSPS) is 11.6. The molecular weight excluding hydrogens is 276 g/mol. The van der Waals surface area contributed by atoms with E-state index in [1.165, 1.54) is 0 Å². The summed E-state index contributed by atoms with van der Waals surface area (Å²) in [6.45, 7) is 8.71. The SMILES string of the molecule is CCO[Si](CCCC(=O)NCCCN)(OCC)OCC. The van der Waals surface area contributed by atoms with Crippen molar-refractivity contribution in [1.82, 2.24) is 5.32 Å². The van der Waals surface area contributed by atoms with Gasteiger partial charge in [-0.1, -0.05) is 0 Å². The summed E-state index contributed by atoms with van der Waals surface area (Å²) in [7, 11) is -2.60. The van der Waals surface area contributed by atoms with Crippen LogP contribution in [0.5, 0.6) is 0 Å². The van der Waals surface area contributed by atoms with Crippen molar-refractivity contribution >= 4 is 14.7 Å². The summed E-state index contributed by atoms with van der Waals surface area (Å²) >= 11 is 0. The molecule has 0 aromatic rings. The van der Waals surface area contributed by atoms with Crippen LogP contribution in [0.2, 0.25) is 6.04 Å². The fourth-order valence-corrected chi connectivity index (χ4v) is 4.50. The number of rotatable bonds is 13. The fourth-order valence-electron chi connectivity index (χ4n) is 1.88. The highest BCUT2D eigenvalue weighted by atomic mass is 28.4.